The molecular formula is C32H38N4O8S2. The van der Waals surface area contributed by atoms with Crippen LogP contribution in [0.15, 0.2) is 82.6 Å². The van der Waals surface area contributed by atoms with Gasteiger partial charge in [0.1, 0.15) is 30.3 Å². The van der Waals surface area contributed by atoms with Crippen LogP contribution in [0.3, 0.4) is 0 Å². The first-order chi connectivity index (χ1) is 22.0. The monoisotopic (exact) mass is 670 g/mol. The van der Waals surface area contributed by atoms with E-state index >= 15 is 0 Å². The first-order valence-corrected chi connectivity index (χ1v) is 17.9. The molecule has 0 radical (unpaired) electrons. The van der Waals surface area contributed by atoms with E-state index in [0.717, 1.165) is 11.1 Å². The summed E-state index contributed by atoms with van der Waals surface area (Å²) in [5.74, 6) is 0.903. The molecule has 3 N–H and O–H groups in total. The zero-order valence-electron chi connectivity index (χ0n) is 25.5. The normalized spacial score (nSPS) is 19.0. The number of piperidine rings is 1. The summed E-state index contributed by atoms with van der Waals surface area (Å²) in [6.07, 6.45) is 0.984. The zero-order valence-corrected chi connectivity index (χ0v) is 27.1. The predicted molar refractivity (Wildman–Crippen MR) is 170 cm³/mol. The third-order valence-corrected chi connectivity index (χ3v) is 11.6. The molecule has 2 aliphatic heterocycles. The van der Waals surface area contributed by atoms with Crippen LogP contribution < -0.4 is 19.5 Å². The molecule has 3 aromatic rings. The second kappa shape index (κ2) is 14.5. The van der Waals surface area contributed by atoms with Crippen LogP contribution in [0.25, 0.3) is 11.1 Å². The lowest BCUT2D eigenvalue weighted by Crippen LogP contribution is -2.47. The standard InChI is InChI=1S/C32H38N4O8S2/c1-34-45(38,39)30-6-3-5-29(19-30)43-23-27(37)21-35-26-20-32(44-22-26)12-15-36(16-13-32)46(40,41)31-7-2-4-25(18-31)24-8-10-28(11-9-24)42-17-14-33/h2-11,18-19,26-27,34-35,37H,12-13,15-17,20-23H2,1H3/t26-,27?/m1/s1. The number of aliphatic hydroxyl groups is 1. The maximum Gasteiger partial charge on any atom is 0.243 e. The summed E-state index contributed by atoms with van der Waals surface area (Å²) >= 11 is 0. The van der Waals surface area contributed by atoms with Crippen LogP contribution in [0.5, 0.6) is 11.5 Å². The fourth-order valence-corrected chi connectivity index (χ4v) is 7.96. The number of hydrogen-bond acceptors (Lipinski definition) is 10. The van der Waals surface area contributed by atoms with Crippen molar-refractivity contribution in [1.29, 1.82) is 5.26 Å². The summed E-state index contributed by atoms with van der Waals surface area (Å²) in [4.78, 5) is 0.302. The Hall–Kier alpha value is -3.55. The molecule has 46 heavy (non-hydrogen) atoms. The van der Waals surface area contributed by atoms with Gasteiger partial charge >= 0.3 is 0 Å². The molecule has 5 rings (SSSR count). The molecule has 0 saturated carbocycles. The molecule has 0 aliphatic carbocycles. The van der Waals surface area contributed by atoms with E-state index in [0.29, 0.717) is 50.5 Å². The summed E-state index contributed by atoms with van der Waals surface area (Å²) in [5.41, 5.74) is 1.17. The topological polar surface area (TPSA) is 167 Å². The molecule has 3 aromatic carbocycles. The van der Waals surface area contributed by atoms with Gasteiger partial charge in [-0.25, -0.2) is 21.6 Å². The molecule has 246 valence electrons. The molecular weight excluding hydrogens is 633 g/mol. The maximum absolute atomic E-state index is 13.6. The van der Waals surface area contributed by atoms with Crippen molar-refractivity contribution in [3.05, 3.63) is 72.8 Å². The molecule has 0 bridgehead atoms. The van der Waals surface area contributed by atoms with Gasteiger partial charge < -0.3 is 24.6 Å². The zero-order chi connectivity index (χ0) is 32.8. The Morgan fingerprint density at radius 3 is 2.41 bits per heavy atom. The van der Waals surface area contributed by atoms with E-state index in [4.69, 9.17) is 19.5 Å². The van der Waals surface area contributed by atoms with E-state index < -0.39 is 31.8 Å². The Morgan fingerprint density at radius 2 is 1.70 bits per heavy atom. The minimum absolute atomic E-state index is 0.00437. The molecule has 12 nitrogen and oxygen atoms in total. The number of ether oxygens (including phenoxy) is 3. The molecule has 14 heteroatoms. The van der Waals surface area contributed by atoms with E-state index in [1.807, 2.05) is 24.3 Å². The third-order valence-electron chi connectivity index (χ3n) is 8.27. The van der Waals surface area contributed by atoms with Crippen molar-refractivity contribution in [3.8, 4) is 28.7 Å². The minimum Gasteiger partial charge on any atom is -0.491 e. The van der Waals surface area contributed by atoms with Crippen molar-refractivity contribution in [2.45, 2.75) is 46.8 Å². The van der Waals surface area contributed by atoms with Crippen LogP contribution in [-0.2, 0) is 24.8 Å². The van der Waals surface area contributed by atoms with Crippen molar-refractivity contribution in [1.82, 2.24) is 14.3 Å². The molecule has 2 atom stereocenters. The fourth-order valence-electron chi connectivity index (χ4n) is 5.71. The Morgan fingerprint density at radius 1 is 0.978 bits per heavy atom. The van der Waals surface area contributed by atoms with Crippen molar-refractivity contribution in [2.24, 2.45) is 0 Å². The number of nitrogens with one attached hydrogen (secondary N) is 2. The van der Waals surface area contributed by atoms with Crippen molar-refractivity contribution < 1.29 is 36.2 Å². The summed E-state index contributed by atoms with van der Waals surface area (Å²) in [7, 11) is -5.99. The SMILES string of the molecule is CNS(=O)(=O)c1cccc(OCC(O)CN[C@H]2COC3(CCN(S(=O)(=O)c4cccc(-c5ccc(OCC#N)cc5)c4)CC3)C2)c1. The van der Waals surface area contributed by atoms with Gasteiger partial charge in [-0.15, -0.1) is 0 Å². The molecule has 2 heterocycles. The number of sulfonamides is 2. The Labute approximate surface area is 270 Å². The average Bonchev–Trinajstić information content (AvgIpc) is 3.47. The average molecular weight is 671 g/mol. The lowest BCUT2D eigenvalue weighted by Gasteiger charge is -2.38. The highest BCUT2D eigenvalue weighted by atomic mass is 32.2. The lowest BCUT2D eigenvalue weighted by molar-refractivity contribution is -0.0312. The lowest BCUT2D eigenvalue weighted by atomic mass is 9.88. The van der Waals surface area contributed by atoms with Gasteiger partial charge in [0.15, 0.2) is 6.61 Å². The predicted octanol–water partition coefficient (Wildman–Crippen LogP) is 2.51. The Kier molecular flexibility index (Phi) is 10.6. The molecule has 0 aromatic heterocycles. The van der Waals surface area contributed by atoms with Gasteiger partial charge in [0.25, 0.3) is 0 Å². The van der Waals surface area contributed by atoms with Crippen molar-refractivity contribution in [2.75, 3.05) is 46.5 Å². The van der Waals surface area contributed by atoms with Crippen LogP contribution in [-0.4, -0.2) is 90.5 Å². The Balaban J connectivity index is 1.10. The third kappa shape index (κ3) is 8.05. The van der Waals surface area contributed by atoms with Crippen LogP contribution in [0.4, 0.5) is 0 Å². The first kappa shape index (κ1) is 33.8. The summed E-state index contributed by atoms with van der Waals surface area (Å²) in [6.45, 7) is 1.31. The molecule has 1 unspecified atom stereocenters. The van der Waals surface area contributed by atoms with Crippen LogP contribution in [0.1, 0.15) is 19.3 Å². The highest BCUT2D eigenvalue weighted by Gasteiger charge is 2.44. The van der Waals surface area contributed by atoms with E-state index in [1.54, 1.807) is 42.5 Å². The fraction of sp³-hybridized carbons (Fsp3) is 0.406. The minimum atomic E-state index is -3.72. The van der Waals surface area contributed by atoms with Gasteiger partial charge in [0.2, 0.25) is 20.0 Å². The van der Waals surface area contributed by atoms with Gasteiger partial charge in [0.05, 0.1) is 22.0 Å². The number of nitriles is 1. The van der Waals surface area contributed by atoms with Crippen molar-refractivity contribution >= 4 is 20.0 Å². The quantitative estimate of drug-likeness (QED) is 0.246. The van der Waals surface area contributed by atoms with E-state index in [1.165, 1.54) is 23.5 Å². The highest BCUT2D eigenvalue weighted by molar-refractivity contribution is 7.89. The summed E-state index contributed by atoms with van der Waals surface area (Å²) < 4.78 is 72.1. The molecule has 2 aliphatic rings. The van der Waals surface area contributed by atoms with Gasteiger partial charge in [-0.05, 0) is 73.8 Å². The number of benzene rings is 3. The smallest absolute Gasteiger partial charge is 0.243 e. The number of rotatable bonds is 13. The number of aliphatic hydroxyl groups excluding tert-OH is 1. The van der Waals surface area contributed by atoms with E-state index in [9.17, 15) is 21.9 Å². The maximum atomic E-state index is 13.6. The number of nitrogens with zero attached hydrogens (tertiary/aromatic N) is 2. The van der Waals surface area contributed by atoms with E-state index in [-0.39, 0.29) is 35.6 Å². The first-order valence-electron chi connectivity index (χ1n) is 15.0. The summed E-state index contributed by atoms with van der Waals surface area (Å²) in [5, 5.41) is 22.5. The van der Waals surface area contributed by atoms with Crippen LogP contribution in [0.2, 0.25) is 0 Å². The van der Waals surface area contributed by atoms with Gasteiger partial charge in [0, 0.05) is 31.7 Å². The van der Waals surface area contributed by atoms with Crippen LogP contribution in [0, 0.1) is 11.3 Å². The van der Waals surface area contributed by atoms with Gasteiger partial charge in [-0.1, -0.05) is 30.3 Å². The van der Waals surface area contributed by atoms with Crippen molar-refractivity contribution in [3.63, 3.8) is 0 Å². The Bertz CT molecular complexity index is 1750. The molecule has 1 spiro atoms. The second-order valence-corrected chi connectivity index (χ2v) is 15.2. The molecule has 2 saturated heterocycles. The number of hydrogen-bond donors (Lipinski definition) is 3. The second-order valence-electron chi connectivity index (χ2n) is 11.4. The molecule has 2 fully saturated rings. The largest absolute Gasteiger partial charge is 0.491 e. The molecule has 0 amide bonds. The summed E-state index contributed by atoms with van der Waals surface area (Å²) in [6, 6.07) is 22.0. The van der Waals surface area contributed by atoms with E-state index in [2.05, 4.69) is 10.0 Å². The van der Waals surface area contributed by atoms with Gasteiger partial charge in [-0.2, -0.15) is 9.57 Å². The highest BCUT2D eigenvalue weighted by Crippen LogP contribution is 2.38. The van der Waals surface area contributed by atoms with Crippen LogP contribution >= 0.6 is 0 Å². The van der Waals surface area contributed by atoms with Gasteiger partial charge in [-0.3, -0.25) is 0 Å².